The van der Waals surface area contributed by atoms with Gasteiger partial charge in [-0.25, -0.2) is 4.79 Å². The lowest BCUT2D eigenvalue weighted by Crippen LogP contribution is -2.40. The van der Waals surface area contributed by atoms with Crippen molar-refractivity contribution >= 4 is 23.5 Å². The van der Waals surface area contributed by atoms with Gasteiger partial charge in [0, 0.05) is 22.4 Å². The van der Waals surface area contributed by atoms with Crippen LogP contribution in [0.5, 0.6) is 0 Å². The molecule has 0 spiro atoms. The van der Waals surface area contributed by atoms with E-state index in [0.29, 0.717) is 22.4 Å². The molecule has 0 aliphatic carbocycles. The highest BCUT2D eigenvalue weighted by Crippen LogP contribution is 2.14. The molecule has 136 valence electrons. The summed E-state index contributed by atoms with van der Waals surface area (Å²) in [5.41, 5.74) is 1.17. The predicted molar refractivity (Wildman–Crippen MR) is 99.4 cm³/mol. The Balaban J connectivity index is 2.17. The topological polar surface area (TPSA) is 84.5 Å². The molecular formula is C20H22N2O4. The SMILES string of the molecule is COC(=O)c1cccc(NC(=O)c2cccc(C(=O)NC(C)(C)C)c2)c1. The van der Waals surface area contributed by atoms with Crippen molar-refractivity contribution in [3.8, 4) is 0 Å². The van der Waals surface area contributed by atoms with Gasteiger partial charge in [0.2, 0.25) is 0 Å². The third-order valence-electron chi connectivity index (χ3n) is 3.42. The van der Waals surface area contributed by atoms with E-state index in [4.69, 9.17) is 0 Å². The van der Waals surface area contributed by atoms with Crippen molar-refractivity contribution in [3.63, 3.8) is 0 Å². The summed E-state index contributed by atoms with van der Waals surface area (Å²) in [7, 11) is 1.29. The van der Waals surface area contributed by atoms with Crippen molar-refractivity contribution in [1.82, 2.24) is 5.32 Å². The van der Waals surface area contributed by atoms with E-state index in [-0.39, 0.29) is 17.4 Å². The summed E-state index contributed by atoms with van der Waals surface area (Å²) in [6.45, 7) is 5.65. The first-order valence-electron chi connectivity index (χ1n) is 8.12. The number of esters is 1. The molecule has 0 radical (unpaired) electrons. The first kappa shape index (κ1) is 19.2. The van der Waals surface area contributed by atoms with Crippen molar-refractivity contribution in [2.24, 2.45) is 0 Å². The molecule has 0 heterocycles. The quantitative estimate of drug-likeness (QED) is 0.826. The zero-order valence-corrected chi connectivity index (χ0v) is 15.3. The van der Waals surface area contributed by atoms with E-state index in [1.807, 2.05) is 20.8 Å². The van der Waals surface area contributed by atoms with Gasteiger partial charge in [0.1, 0.15) is 0 Å². The van der Waals surface area contributed by atoms with Gasteiger partial charge < -0.3 is 15.4 Å². The fourth-order valence-corrected chi connectivity index (χ4v) is 2.26. The normalized spacial score (nSPS) is 10.8. The van der Waals surface area contributed by atoms with Gasteiger partial charge in [-0.15, -0.1) is 0 Å². The summed E-state index contributed by atoms with van der Waals surface area (Å²) in [5.74, 6) is -1.11. The Hall–Kier alpha value is -3.15. The van der Waals surface area contributed by atoms with Crippen LogP contribution in [0.3, 0.4) is 0 Å². The van der Waals surface area contributed by atoms with Crippen LogP contribution >= 0.6 is 0 Å². The number of hydrogen-bond donors (Lipinski definition) is 2. The molecule has 0 bridgehead atoms. The second-order valence-corrected chi connectivity index (χ2v) is 6.81. The molecule has 2 aromatic rings. The molecule has 6 heteroatoms. The number of amides is 2. The van der Waals surface area contributed by atoms with Gasteiger partial charge in [-0.1, -0.05) is 12.1 Å². The number of ether oxygens (including phenoxy) is 1. The van der Waals surface area contributed by atoms with E-state index in [2.05, 4.69) is 15.4 Å². The minimum atomic E-state index is -0.484. The van der Waals surface area contributed by atoms with Crippen LogP contribution in [0, 0.1) is 0 Å². The molecule has 2 N–H and O–H groups in total. The summed E-state index contributed by atoms with van der Waals surface area (Å²) in [4.78, 5) is 36.3. The first-order chi connectivity index (χ1) is 12.2. The van der Waals surface area contributed by atoms with Crippen LogP contribution in [0.4, 0.5) is 5.69 Å². The van der Waals surface area contributed by atoms with E-state index in [1.54, 1.807) is 36.4 Å². The summed E-state index contributed by atoms with van der Waals surface area (Å²) < 4.78 is 4.67. The molecule has 6 nitrogen and oxygen atoms in total. The van der Waals surface area contributed by atoms with E-state index in [0.717, 1.165) is 0 Å². The minimum Gasteiger partial charge on any atom is -0.465 e. The van der Waals surface area contributed by atoms with Gasteiger partial charge in [-0.2, -0.15) is 0 Å². The molecule has 0 aliphatic heterocycles. The number of rotatable bonds is 4. The Kier molecular flexibility index (Phi) is 5.77. The highest BCUT2D eigenvalue weighted by atomic mass is 16.5. The van der Waals surface area contributed by atoms with Crippen LogP contribution < -0.4 is 10.6 Å². The van der Waals surface area contributed by atoms with Crippen molar-refractivity contribution in [3.05, 3.63) is 65.2 Å². The first-order valence-corrected chi connectivity index (χ1v) is 8.12. The van der Waals surface area contributed by atoms with Crippen LogP contribution in [0.2, 0.25) is 0 Å². The van der Waals surface area contributed by atoms with Crippen molar-refractivity contribution in [2.45, 2.75) is 26.3 Å². The van der Waals surface area contributed by atoms with Gasteiger partial charge in [0.25, 0.3) is 11.8 Å². The highest BCUT2D eigenvalue weighted by molar-refractivity contribution is 6.06. The fraction of sp³-hybridized carbons (Fsp3) is 0.250. The molecule has 2 rings (SSSR count). The lowest BCUT2D eigenvalue weighted by atomic mass is 10.1. The lowest BCUT2D eigenvalue weighted by molar-refractivity contribution is 0.0600. The fourth-order valence-electron chi connectivity index (χ4n) is 2.26. The number of methoxy groups -OCH3 is 1. The number of anilines is 1. The number of carbonyl (C=O) groups excluding carboxylic acids is 3. The van der Waals surface area contributed by atoms with Gasteiger partial charge in [-0.3, -0.25) is 9.59 Å². The van der Waals surface area contributed by atoms with E-state index >= 15 is 0 Å². The molecule has 2 amide bonds. The van der Waals surface area contributed by atoms with Gasteiger partial charge in [0.05, 0.1) is 12.7 Å². The summed E-state index contributed by atoms with van der Waals surface area (Å²) in [5, 5.41) is 5.57. The van der Waals surface area contributed by atoms with E-state index in [1.165, 1.54) is 19.2 Å². The molecule has 0 saturated carbocycles. The largest absolute Gasteiger partial charge is 0.465 e. The second-order valence-electron chi connectivity index (χ2n) is 6.81. The third-order valence-corrected chi connectivity index (χ3v) is 3.42. The number of carbonyl (C=O) groups is 3. The van der Waals surface area contributed by atoms with Crippen LogP contribution in [0.15, 0.2) is 48.5 Å². The Morgan fingerprint density at radius 1 is 0.846 bits per heavy atom. The Labute approximate surface area is 152 Å². The maximum Gasteiger partial charge on any atom is 0.337 e. The molecule has 0 fully saturated rings. The molecule has 26 heavy (non-hydrogen) atoms. The number of nitrogens with one attached hydrogen (secondary N) is 2. The predicted octanol–water partition coefficient (Wildman–Crippen LogP) is 3.25. The van der Waals surface area contributed by atoms with Crippen LogP contribution in [0.25, 0.3) is 0 Å². The Morgan fingerprint density at radius 3 is 2.04 bits per heavy atom. The molecule has 0 aromatic heterocycles. The molecule has 2 aromatic carbocycles. The Morgan fingerprint density at radius 2 is 1.42 bits per heavy atom. The molecular weight excluding hydrogens is 332 g/mol. The second kappa shape index (κ2) is 7.82. The lowest BCUT2D eigenvalue weighted by Gasteiger charge is -2.20. The van der Waals surface area contributed by atoms with Crippen molar-refractivity contribution < 1.29 is 19.1 Å². The van der Waals surface area contributed by atoms with Crippen molar-refractivity contribution in [2.75, 3.05) is 12.4 Å². The summed E-state index contributed by atoms with van der Waals surface area (Å²) in [6, 6.07) is 12.9. The van der Waals surface area contributed by atoms with Crippen molar-refractivity contribution in [1.29, 1.82) is 0 Å². The van der Waals surface area contributed by atoms with E-state index in [9.17, 15) is 14.4 Å². The standard InChI is InChI=1S/C20H22N2O4/c1-20(2,3)22-18(24)14-8-5-7-13(11-14)17(23)21-16-10-6-9-15(12-16)19(25)26-4/h5-12H,1-4H3,(H,21,23)(H,22,24). The zero-order chi connectivity index (χ0) is 19.3. The van der Waals surface area contributed by atoms with E-state index < -0.39 is 5.97 Å². The van der Waals surface area contributed by atoms with Gasteiger partial charge in [-0.05, 0) is 57.2 Å². The molecule has 0 unspecified atom stereocenters. The zero-order valence-electron chi connectivity index (χ0n) is 15.3. The maximum absolute atomic E-state index is 12.5. The maximum atomic E-state index is 12.5. The molecule has 0 atom stereocenters. The third kappa shape index (κ3) is 5.17. The summed E-state index contributed by atoms with van der Waals surface area (Å²) in [6.07, 6.45) is 0. The van der Waals surface area contributed by atoms with Gasteiger partial charge in [0.15, 0.2) is 0 Å². The number of hydrogen-bond acceptors (Lipinski definition) is 4. The van der Waals surface area contributed by atoms with Crippen LogP contribution in [-0.2, 0) is 4.74 Å². The molecule has 0 saturated heterocycles. The monoisotopic (exact) mass is 354 g/mol. The molecule has 0 aliphatic rings. The average Bonchev–Trinajstić information content (AvgIpc) is 2.60. The minimum absolute atomic E-state index is 0.250. The summed E-state index contributed by atoms with van der Waals surface area (Å²) >= 11 is 0. The van der Waals surface area contributed by atoms with Crippen LogP contribution in [-0.4, -0.2) is 30.4 Å². The highest BCUT2D eigenvalue weighted by Gasteiger charge is 2.17. The van der Waals surface area contributed by atoms with Crippen LogP contribution in [0.1, 0.15) is 51.8 Å². The van der Waals surface area contributed by atoms with Gasteiger partial charge >= 0.3 is 5.97 Å². The average molecular weight is 354 g/mol. The number of benzene rings is 2. The Bertz CT molecular complexity index is 838. The smallest absolute Gasteiger partial charge is 0.337 e.